The molecule has 112 valence electrons. The van der Waals surface area contributed by atoms with Crippen LogP contribution in [0.1, 0.15) is 5.56 Å². The lowest BCUT2D eigenvalue weighted by Gasteiger charge is -2.06. The molecule has 1 amide bonds. The van der Waals surface area contributed by atoms with Crippen molar-refractivity contribution in [2.75, 3.05) is 11.1 Å². The molecule has 1 heterocycles. The molecule has 0 spiro atoms. The van der Waals surface area contributed by atoms with Crippen molar-refractivity contribution in [3.05, 3.63) is 60.4 Å². The molecule has 0 aliphatic rings. The first-order valence-electron chi connectivity index (χ1n) is 6.89. The van der Waals surface area contributed by atoms with Crippen LogP contribution in [0.15, 0.2) is 59.9 Å². The average Bonchev–Trinajstić information content (AvgIpc) is 2.60. The summed E-state index contributed by atoms with van der Waals surface area (Å²) in [7, 11) is 0. The topological polar surface area (TPSA) is 78.7 Å². The second kappa shape index (κ2) is 6.90. The highest BCUT2D eigenvalue weighted by molar-refractivity contribution is 8.00. The first-order valence-corrected chi connectivity index (χ1v) is 7.87. The molecule has 0 fully saturated rings. The molecule has 23 heavy (non-hydrogen) atoms. The summed E-state index contributed by atoms with van der Waals surface area (Å²) < 4.78 is 0. The summed E-state index contributed by atoms with van der Waals surface area (Å²) in [6.07, 6.45) is 1.50. The molecule has 5 nitrogen and oxygen atoms in total. The lowest BCUT2D eigenvalue weighted by molar-refractivity contribution is -0.113. The van der Waals surface area contributed by atoms with Crippen LogP contribution >= 0.6 is 11.8 Å². The van der Waals surface area contributed by atoms with Gasteiger partial charge in [0.25, 0.3) is 0 Å². The number of thioether (sulfide) groups is 1. The number of para-hydroxylation sites is 1. The van der Waals surface area contributed by atoms with E-state index >= 15 is 0 Å². The second-order valence-corrected chi connectivity index (χ2v) is 5.69. The van der Waals surface area contributed by atoms with E-state index in [-0.39, 0.29) is 11.7 Å². The first-order chi connectivity index (χ1) is 11.3. The minimum absolute atomic E-state index is 0.123. The summed E-state index contributed by atoms with van der Waals surface area (Å²) in [5.74, 6) is 0.128. The van der Waals surface area contributed by atoms with Gasteiger partial charge >= 0.3 is 0 Å². The minimum atomic E-state index is -0.123. The number of nitriles is 1. The van der Waals surface area contributed by atoms with Crippen molar-refractivity contribution in [2.24, 2.45) is 0 Å². The number of anilines is 1. The van der Waals surface area contributed by atoms with Gasteiger partial charge in [0.2, 0.25) is 5.91 Å². The van der Waals surface area contributed by atoms with E-state index in [4.69, 9.17) is 5.26 Å². The Bertz CT molecular complexity index is 882. The lowest BCUT2D eigenvalue weighted by Crippen LogP contribution is -2.14. The van der Waals surface area contributed by atoms with Crippen LogP contribution in [0.2, 0.25) is 0 Å². The largest absolute Gasteiger partial charge is 0.325 e. The van der Waals surface area contributed by atoms with E-state index in [0.717, 1.165) is 15.9 Å². The highest BCUT2D eigenvalue weighted by Crippen LogP contribution is 2.24. The summed E-state index contributed by atoms with van der Waals surface area (Å²) in [5.41, 5.74) is 2.09. The molecule has 2 aromatic carbocycles. The summed E-state index contributed by atoms with van der Waals surface area (Å²) in [6.45, 7) is 0. The Morgan fingerprint density at radius 1 is 1.13 bits per heavy atom. The number of fused-ring (bicyclic) bond motifs is 1. The van der Waals surface area contributed by atoms with Crippen molar-refractivity contribution in [1.82, 2.24) is 9.97 Å². The van der Waals surface area contributed by atoms with Gasteiger partial charge in [-0.15, -0.1) is 0 Å². The van der Waals surface area contributed by atoms with E-state index in [2.05, 4.69) is 15.3 Å². The Hall–Kier alpha value is -2.91. The van der Waals surface area contributed by atoms with Crippen LogP contribution in [0.25, 0.3) is 10.9 Å². The van der Waals surface area contributed by atoms with Gasteiger partial charge in [0.1, 0.15) is 11.4 Å². The van der Waals surface area contributed by atoms with Crippen LogP contribution < -0.4 is 5.32 Å². The number of hydrogen-bond acceptors (Lipinski definition) is 5. The number of amides is 1. The van der Waals surface area contributed by atoms with Crippen LogP contribution in [-0.2, 0) is 4.79 Å². The Kier molecular flexibility index (Phi) is 4.50. The summed E-state index contributed by atoms with van der Waals surface area (Å²) in [6, 6.07) is 16.5. The van der Waals surface area contributed by atoms with E-state index in [1.807, 2.05) is 30.3 Å². The molecule has 0 radical (unpaired) electrons. The number of carbonyl (C=O) groups excluding carboxylic acids is 1. The first kappa shape index (κ1) is 15.0. The van der Waals surface area contributed by atoms with Crippen LogP contribution in [-0.4, -0.2) is 21.6 Å². The van der Waals surface area contributed by atoms with Gasteiger partial charge in [-0.3, -0.25) is 4.79 Å². The molecule has 3 aromatic rings. The minimum Gasteiger partial charge on any atom is -0.325 e. The molecule has 0 saturated heterocycles. The molecule has 0 aliphatic carbocycles. The normalized spacial score (nSPS) is 10.2. The van der Waals surface area contributed by atoms with Crippen molar-refractivity contribution >= 4 is 34.3 Å². The van der Waals surface area contributed by atoms with Crippen molar-refractivity contribution in [2.45, 2.75) is 5.03 Å². The molecule has 6 heteroatoms. The number of aromatic nitrogens is 2. The van der Waals surface area contributed by atoms with Gasteiger partial charge in [-0.05, 0) is 30.3 Å². The van der Waals surface area contributed by atoms with Gasteiger partial charge in [0, 0.05) is 11.1 Å². The van der Waals surface area contributed by atoms with Crippen molar-refractivity contribution in [3.8, 4) is 6.07 Å². The predicted octanol–water partition coefficient (Wildman–Crippen LogP) is 3.23. The fourth-order valence-electron chi connectivity index (χ4n) is 2.05. The maximum absolute atomic E-state index is 12.0. The van der Waals surface area contributed by atoms with Gasteiger partial charge in [-0.2, -0.15) is 5.26 Å². The van der Waals surface area contributed by atoms with Crippen molar-refractivity contribution < 1.29 is 4.79 Å². The molecule has 0 atom stereocenters. The third-order valence-corrected chi connectivity index (χ3v) is 4.15. The highest BCUT2D eigenvalue weighted by Gasteiger charge is 2.08. The number of rotatable bonds is 4. The molecular formula is C17H12N4OS. The lowest BCUT2D eigenvalue weighted by atomic mass is 10.2. The zero-order chi connectivity index (χ0) is 16.1. The van der Waals surface area contributed by atoms with Crippen LogP contribution in [0.4, 0.5) is 5.69 Å². The van der Waals surface area contributed by atoms with E-state index in [0.29, 0.717) is 11.3 Å². The number of benzene rings is 2. The molecule has 1 N–H and O–H groups in total. The molecule has 0 unspecified atom stereocenters. The van der Waals surface area contributed by atoms with E-state index in [1.54, 1.807) is 24.3 Å². The second-order valence-electron chi connectivity index (χ2n) is 4.72. The summed E-state index contributed by atoms with van der Waals surface area (Å²) in [4.78, 5) is 20.5. The quantitative estimate of drug-likeness (QED) is 0.590. The van der Waals surface area contributed by atoms with Gasteiger partial charge in [-0.1, -0.05) is 30.0 Å². The van der Waals surface area contributed by atoms with E-state index in [9.17, 15) is 4.79 Å². The average molecular weight is 320 g/mol. The number of nitrogens with one attached hydrogen (secondary N) is 1. The maximum Gasteiger partial charge on any atom is 0.234 e. The zero-order valence-corrected chi connectivity index (χ0v) is 12.9. The monoisotopic (exact) mass is 320 g/mol. The Morgan fingerprint density at radius 2 is 1.91 bits per heavy atom. The molecule has 1 aromatic heterocycles. The smallest absolute Gasteiger partial charge is 0.234 e. The third-order valence-electron chi connectivity index (χ3n) is 3.14. The Morgan fingerprint density at radius 3 is 2.70 bits per heavy atom. The van der Waals surface area contributed by atoms with Crippen LogP contribution in [0, 0.1) is 11.3 Å². The summed E-state index contributed by atoms with van der Waals surface area (Å²) in [5, 5.41) is 13.3. The van der Waals surface area contributed by atoms with Gasteiger partial charge in [0.15, 0.2) is 0 Å². The molecule has 0 bridgehead atoms. The molecular weight excluding hydrogens is 308 g/mol. The molecule has 0 aliphatic heterocycles. The van der Waals surface area contributed by atoms with E-state index in [1.165, 1.54) is 18.1 Å². The van der Waals surface area contributed by atoms with Gasteiger partial charge < -0.3 is 5.32 Å². The van der Waals surface area contributed by atoms with Crippen molar-refractivity contribution in [1.29, 1.82) is 5.26 Å². The zero-order valence-electron chi connectivity index (χ0n) is 12.1. The van der Waals surface area contributed by atoms with Crippen LogP contribution in [0.5, 0.6) is 0 Å². The van der Waals surface area contributed by atoms with Crippen molar-refractivity contribution in [3.63, 3.8) is 0 Å². The number of carbonyl (C=O) groups is 1. The SMILES string of the molecule is N#Cc1ccc(NC(=O)CSc2ncnc3ccccc23)cc1. The fourth-order valence-corrected chi connectivity index (χ4v) is 2.84. The maximum atomic E-state index is 12.0. The molecule has 0 saturated carbocycles. The van der Waals surface area contributed by atoms with Gasteiger partial charge in [0.05, 0.1) is 22.9 Å². The van der Waals surface area contributed by atoms with Gasteiger partial charge in [-0.25, -0.2) is 9.97 Å². The standard InChI is InChI=1S/C17H12N4OS/c18-9-12-5-7-13(8-6-12)21-16(22)10-23-17-14-3-1-2-4-15(14)19-11-20-17/h1-8,11H,10H2,(H,21,22). The van der Waals surface area contributed by atoms with Crippen LogP contribution in [0.3, 0.4) is 0 Å². The predicted molar refractivity (Wildman–Crippen MR) is 90.0 cm³/mol. The number of hydrogen-bond donors (Lipinski definition) is 1. The Labute approximate surface area is 137 Å². The number of nitrogens with zero attached hydrogens (tertiary/aromatic N) is 3. The third kappa shape index (κ3) is 3.65. The fraction of sp³-hybridized carbons (Fsp3) is 0.0588. The molecule has 3 rings (SSSR count). The van der Waals surface area contributed by atoms with E-state index < -0.39 is 0 Å². The Balaban J connectivity index is 1.65. The summed E-state index contributed by atoms with van der Waals surface area (Å²) >= 11 is 1.37. The highest BCUT2D eigenvalue weighted by atomic mass is 32.2.